The molecule has 0 aromatic carbocycles. The zero-order chi connectivity index (χ0) is 24.3. The van der Waals surface area contributed by atoms with E-state index in [4.69, 9.17) is 0 Å². The quantitative estimate of drug-likeness (QED) is 0.512. The Hall–Kier alpha value is -0.710. The molecule has 0 radical (unpaired) electrons. The summed E-state index contributed by atoms with van der Waals surface area (Å²) in [7, 11) is 0. The Morgan fingerprint density at radius 1 is 1.00 bits per heavy atom. The first kappa shape index (κ1) is 25.4. The summed E-state index contributed by atoms with van der Waals surface area (Å²) in [6.07, 6.45) is 7.78. The van der Waals surface area contributed by atoms with Crippen LogP contribution >= 0.6 is 0 Å². The third-order valence-electron chi connectivity index (χ3n) is 11.3. The molecule has 0 aromatic rings. The second kappa shape index (κ2) is 9.06. The average Bonchev–Trinajstić information content (AvgIpc) is 3.11. The molecule has 188 valence electrons. The third kappa shape index (κ3) is 3.96. The topological polar surface area (TPSA) is 77.8 Å². The highest BCUT2D eigenvalue weighted by Gasteiger charge is 2.62. The van der Waals surface area contributed by atoms with Gasteiger partial charge in [-0.05, 0) is 97.4 Å². The van der Waals surface area contributed by atoms with Gasteiger partial charge in [0, 0.05) is 5.92 Å². The minimum atomic E-state index is -0.721. The van der Waals surface area contributed by atoms with E-state index >= 15 is 0 Å². The molecule has 4 nitrogen and oxygen atoms in total. The van der Waals surface area contributed by atoms with Crippen molar-refractivity contribution in [1.82, 2.24) is 0 Å². The van der Waals surface area contributed by atoms with Crippen LogP contribution in [0.25, 0.3) is 0 Å². The van der Waals surface area contributed by atoms with Crippen LogP contribution in [0.3, 0.4) is 0 Å². The highest BCUT2D eigenvalue weighted by Crippen LogP contribution is 2.66. The van der Waals surface area contributed by atoms with Gasteiger partial charge < -0.3 is 15.3 Å². The summed E-state index contributed by atoms with van der Waals surface area (Å²) in [5.41, 5.74) is 1.27. The largest absolute Gasteiger partial charge is 0.393 e. The molecule has 0 spiro atoms. The SMILES string of the molecule is CC[C@@H](C(C)C)[C@@H](O)[C@H](O)[C@@H](C)[C@H]1CC[C@H]2[C@@H]3C(=O)C=C4C[C@@H](O)CC[C@]4(C)[C@H]3CC[C@]12C. The lowest BCUT2D eigenvalue weighted by atomic mass is 9.46. The van der Waals surface area contributed by atoms with Crippen LogP contribution in [0.5, 0.6) is 0 Å². The predicted molar refractivity (Wildman–Crippen MR) is 131 cm³/mol. The van der Waals surface area contributed by atoms with Gasteiger partial charge in [0.1, 0.15) is 0 Å². The standard InChI is InChI=1S/C29H48O4/c1-7-20(16(2)3)27(33)26(32)17(4)21-8-9-22-25-23(11-13-29(21,22)6)28(5)12-10-19(30)14-18(28)15-24(25)31/h15-17,19-23,25-27,30,32-33H,7-14H2,1-6H3/t17-,19-,20-,21+,22-,23-,25-,26+,27+,28-,29+/m0/s1. The van der Waals surface area contributed by atoms with Crippen molar-refractivity contribution in [2.75, 3.05) is 0 Å². The van der Waals surface area contributed by atoms with Crippen molar-refractivity contribution in [3.8, 4) is 0 Å². The first-order valence-corrected chi connectivity index (χ1v) is 13.7. The van der Waals surface area contributed by atoms with Crippen molar-refractivity contribution in [2.24, 2.45) is 52.3 Å². The van der Waals surface area contributed by atoms with E-state index < -0.39 is 12.2 Å². The number of aliphatic hydroxyl groups excluding tert-OH is 3. The van der Waals surface area contributed by atoms with Gasteiger partial charge in [-0.1, -0.05) is 53.5 Å². The second-order valence-electron chi connectivity index (χ2n) is 13.0. The molecule has 3 saturated carbocycles. The number of aliphatic hydroxyl groups is 3. The molecule has 3 N–H and O–H groups in total. The van der Waals surface area contributed by atoms with Crippen LogP contribution in [0, 0.1) is 52.3 Å². The summed E-state index contributed by atoms with van der Waals surface area (Å²) in [4.78, 5) is 13.5. The molecule has 3 fully saturated rings. The van der Waals surface area contributed by atoms with E-state index in [1.54, 1.807) is 0 Å². The zero-order valence-electron chi connectivity index (χ0n) is 21.8. The fraction of sp³-hybridized carbons (Fsp3) is 0.897. The minimum absolute atomic E-state index is 0.0181. The van der Waals surface area contributed by atoms with Crippen molar-refractivity contribution in [3.05, 3.63) is 11.6 Å². The number of rotatable bonds is 6. The van der Waals surface area contributed by atoms with Gasteiger partial charge >= 0.3 is 0 Å². The van der Waals surface area contributed by atoms with E-state index in [9.17, 15) is 20.1 Å². The number of allylic oxidation sites excluding steroid dienone is 1. The van der Waals surface area contributed by atoms with E-state index in [2.05, 4.69) is 41.5 Å². The molecule has 0 saturated heterocycles. The molecule has 0 aromatic heterocycles. The van der Waals surface area contributed by atoms with Gasteiger partial charge in [0.05, 0.1) is 18.3 Å². The summed E-state index contributed by atoms with van der Waals surface area (Å²) in [5.74, 6) is 1.89. The monoisotopic (exact) mass is 460 g/mol. The van der Waals surface area contributed by atoms with Crippen LogP contribution in [0.4, 0.5) is 0 Å². The highest BCUT2D eigenvalue weighted by molar-refractivity contribution is 5.94. The van der Waals surface area contributed by atoms with Crippen molar-refractivity contribution >= 4 is 5.78 Å². The van der Waals surface area contributed by atoms with E-state index in [0.717, 1.165) is 44.9 Å². The molecule has 0 amide bonds. The molecule has 11 atom stereocenters. The number of ketones is 1. The fourth-order valence-electron chi connectivity index (χ4n) is 9.20. The Bertz CT molecular complexity index is 774. The maximum atomic E-state index is 13.5. The second-order valence-corrected chi connectivity index (χ2v) is 13.0. The Balaban J connectivity index is 1.57. The average molecular weight is 461 g/mol. The molecule has 4 rings (SSSR count). The lowest BCUT2D eigenvalue weighted by molar-refractivity contribution is -0.137. The van der Waals surface area contributed by atoms with Gasteiger partial charge in [-0.25, -0.2) is 0 Å². The molecule has 0 aliphatic heterocycles. The van der Waals surface area contributed by atoms with E-state index in [-0.39, 0.29) is 40.5 Å². The maximum absolute atomic E-state index is 13.5. The van der Waals surface area contributed by atoms with Gasteiger partial charge in [0.25, 0.3) is 0 Å². The van der Waals surface area contributed by atoms with E-state index in [0.29, 0.717) is 30.1 Å². The smallest absolute Gasteiger partial charge is 0.159 e. The van der Waals surface area contributed by atoms with Crippen LogP contribution in [-0.2, 0) is 4.79 Å². The minimum Gasteiger partial charge on any atom is -0.393 e. The molecular formula is C29H48O4. The summed E-state index contributed by atoms with van der Waals surface area (Å²) in [5, 5.41) is 32.5. The molecule has 33 heavy (non-hydrogen) atoms. The van der Waals surface area contributed by atoms with E-state index in [1.807, 2.05) is 6.08 Å². The Morgan fingerprint density at radius 3 is 2.33 bits per heavy atom. The molecule has 0 unspecified atom stereocenters. The lowest BCUT2D eigenvalue weighted by Gasteiger charge is -2.57. The number of carbonyl (C=O) groups excluding carboxylic acids is 1. The van der Waals surface area contributed by atoms with Crippen LogP contribution in [0.15, 0.2) is 11.6 Å². The highest BCUT2D eigenvalue weighted by atomic mass is 16.3. The zero-order valence-corrected chi connectivity index (χ0v) is 21.8. The van der Waals surface area contributed by atoms with Crippen LogP contribution in [-0.4, -0.2) is 39.4 Å². The van der Waals surface area contributed by atoms with Gasteiger partial charge in [0.15, 0.2) is 5.78 Å². The number of hydrogen-bond acceptors (Lipinski definition) is 4. The number of fused-ring (bicyclic) bond motifs is 5. The van der Waals surface area contributed by atoms with Crippen molar-refractivity contribution in [1.29, 1.82) is 0 Å². The first-order valence-electron chi connectivity index (χ1n) is 13.7. The first-order chi connectivity index (χ1) is 15.5. The van der Waals surface area contributed by atoms with Gasteiger partial charge in [-0.2, -0.15) is 0 Å². The van der Waals surface area contributed by atoms with Crippen molar-refractivity contribution in [3.63, 3.8) is 0 Å². The molecule has 4 aliphatic carbocycles. The Morgan fingerprint density at radius 2 is 1.70 bits per heavy atom. The van der Waals surface area contributed by atoms with Crippen LogP contribution < -0.4 is 0 Å². The normalized spacial score (nSPS) is 44.4. The number of carbonyl (C=O) groups is 1. The van der Waals surface area contributed by atoms with Crippen LogP contribution in [0.1, 0.15) is 92.9 Å². The van der Waals surface area contributed by atoms with Gasteiger partial charge in [-0.3, -0.25) is 4.79 Å². The molecule has 0 heterocycles. The maximum Gasteiger partial charge on any atom is 0.159 e. The lowest BCUT2D eigenvalue weighted by Crippen LogP contribution is -2.54. The predicted octanol–water partition coefficient (Wildman–Crippen LogP) is 5.15. The molecule has 0 bridgehead atoms. The van der Waals surface area contributed by atoms with Crippen molar-refractivity contribution < 1.29 is 20.1 Å². The van der Waals surface area contributed by atoms with Gasteiger partial charge in [-0.15, -0.1) is 0 Å². The van der Waals surface area contributed by atoms with Gasteiger partial charge in [0.2, 0.25) is 0 Å². The summed E-state index contributed by atoms with van der Waals surface area (Å²) in [6, 6.07) is 0. The summed E-state index contributed by atoms with van der Waals surface area (Å²) in [6.45, 7) is 13.2. The summed E-state index contributed by atoms with van der Waals surface area (Å²) < 4.78 is 0. The van der Waals surface area contributed by atoms with Crippen molar-refractivity contribution in [2.45, 2.75) is 111 Å². The van der Waals surface area contributed by atoms with Crippen LogP contribution in [0.2, 0.25) is 0 Å². The van der Waals surface area contributed by atoms with E-state index in [1.165, 1.54) is 5.57 Å². The number of hydrogen-bond donors (Lipinski definition) is 3. The third-order valence-corrected chi connectivity index (χ3v) is 11.3. The Labute approximate surface area is 201 Å². The Kier molecular flexibility index (Phi) is 6.97. The summed E-state index contributed by atoms with van der Waals surface area (Å²) >= 11 is 0. The molecule has 4 aliphatic rings. The molecule has 4 heteroatoms. The fourth-order valence-corrected chi connectivity index (χ4v) is 9.20. The molecular weight excluding hydrogens is 412 g/mol.